The van der Waals surface area contributed by atoms with Crippen molar-refractivity contribution in [1.29, 1.82) is 0 Å². The van der Waals surface area contributed by atoms with E-state index in [1.54, 1.807) is 7.11 Å². The summed E-state index contributed by atoms with van der Waals surface area (Å²) in [7, 11) is 1.66. The Morgan fingerprint density at radius 1 is 0.615 bits per heavy atom. The third kappa shape index (κ3) is 3.20. The van der Waals surface area contributed by atoms with Gasteiger partial charge < -0.3 is 4.74 Å². The predicted octanol–water partition coefficient (Wildman–Crippen LogP) is 5.49. The van der Waals surface area contributed by atoms with Gasteiger partial charge in [0.15, 0.2) is 0 Å². The lowest BCUT2D eigenvalue weighted by molar-refractivity contribution is 0.415. The maximum Gasteiger partial charge on any atom is 0.118 e. The summed E-state index contributed by atoms with van der Waals surface area (Å²) in [4.78, 5) is 0. The van der Waals surface area contributed by atoms with Crippen LogP contribution in [0.4, 0.5) is 0 Å². The largest absolute Gasteiger partial charge is 0.497 e. The van der Waals surface area contributed by atoms with Crippen LogP contribution in [0.2, 0.25) is 0 Å². The Balaban J connectivity index is 1.86. The number of rotatable bonds is 4. The quantitative estimate of drug-likeness (QED) is 0.494. The van der Waals surface area contributed by atoms with Crippen LogP contribution in [0.1, 0.15) is 0 Å². The molecule has 4 rings (SSSR count). The molecule has 1 aromatic heterocycles. The highest BCUT2D eigenvalue weighted by molar-refractivity contribution is 5.82. The standard InChI is InChI=1S/C23H18N2O/c1-26-20-14-12-18(13-15-20)22-16-21(17-8-4-2-5-9-17)23(25-24-22)19-10-6-3-7-11-19/h2-16H,1H3. The van der Waals surface area contributed by atoms with E-state index >= 15 is 0 Å². The van der Waals surface area contributed by atoms with Crippen molar-refractivity contribution in [2.45, 2.75) is 0 Å². The molecule has 0 aliphatic heterocycles. The molecule has 0 amide bonds. The summed E-state index contributed by atoms with van der Waals surface area (Å²) in [6.07, 6.45) is 0. The second-order valence-corrected chi connectivity index (χ2v) is 5.95. The highest BCUT2D eigenvalue weighted by atomic mass is 16.5. The van der Waals surface area contributed by atoms with E-state index in [0.29, 0.717) is 0 Å². The second-order valence-electron chi connectivity index (χ2n) is 5.95. The summed E-state index contributed by atoms with van der Waals surface area (Å²) < 4.78 is 5.24. The van der Waals surface area contributed by atoms with Gasteiger partial charge in [-0.1, -0.05) is 60.7 Å². The predicted molar refractivity (Wildman–Crippen MR) is 105 cm³/mol. The molecule has 126 valence electrons. The van der Waals surface area contributed by atoms with Crippen LogP contribution in [0.25, 0.3) is 33.6 Å². The molecule has 0 saturated carbocycles. The van der Waals surface area contributed by atoms with E-state index < -0.39 is 0 Å². The Labute approximate surface area is 152 Å². The zero-order chi connectivity index (χ0) is 17.8. The monoisotopic (exact) mass is 338 g/mol. The average molecular weight is 338 g/mol. The summed E-state index contributed by atoms with van der Waals surface area (Å²) in [5, 5.41) is 9.04. The van der Waals surface area contributed by atoms with Gasteiger partial charge in [0.25, 0.3) is 0 Å². The maximum absolute atomic E-state index is 5.24. The van der Waals surface area contributed by atoms with Gasteiger partial charge in [0.2, 0.25) is 0 Å². The van der Waals surface area contributed by atoms with E-state index in [2.05, 4.69) is 40.5 Å². The molecule has 0 bridgehead atoms. The van der Waals surface area contributed by atoms with Gasteiger partial charge in [-0.15, -0.1) is 10.2 Å². The minimum Gasteiger partial charge on any atom is -0.497 e. The molecule has 0 atom stereocenters. The topological polar surface area (TPSA) is 35.0 Å². The Bertz CT molecular complexity index is 997. The molecule has 0 radical (unpaired) electrons. The first-order valence-electron chi connectivity index (χ1n) is 8.48. The van der Waals surface area contributed by atoms with Crippen molar-refractivity contribution < 1.29 is 4.74 Å². The van der Waals surface area contributed by atoms with Crippen LogP contribution in [0, 0.1) is 0 Å². The van der Waals surface area contributed by atoms with Crippen molar-refractivity contribution in [3.05, 3.63) is 91.0 Å². The SMILES string of the molecule is COc1ccc(-c2cc(-c3ccccc3)c(-c3ccccc3)nn2)cc1. The minimum atomic E-state index is 0.825. The smallest absolute Gasteiger partial charge is 0.118 e. The lowest BCUT2D eigenvalue weighted by atomic mass is 9.98. The minimum absolute atomic E-state index is 0.825. The first-order chi connectivity index (χ1) is 12.8. The second kappa shape index (κ2) is 7.19. The molecule has 3 nitrogen and oxygen atoms in total. The highest BCUT2D eigenvalue weighted by Gasteiger charge is 2.12. The van der Waals surface area contributed by atoms with Crippen LogP contribution >= 0.6 is 0 Å². The van der Waals surface area contributed by atoms with Gasteiger partial charge in [0, 0.05) is 16.7 Å². The molecule has 0 aliphatic rings. The van der Waals surface area contributed by atoms with Gasteiger partial charge in [0.05, 0.1) is 12.8 Å². The maximum atomic E-state index is 5.24. The number of hydrogen-bond donors (Lipinski definition) is 0. The molecule has 0 N–H and O–H groups in total. The van der Waals surface area contributed by atoms with Crippen molar-refractivity contribution in [2.24, 2.45) is 0 Å². The molecular weight excluding hydrogens is 320 g/mol. The Morgan fingerprint density at radius 2 is 1.23 bits per heavy atom. The molecule has 0 fully saturated rings. The van der Waals surface area contributed by atoms with Crippen LogP contribution in [-0.4, -0.2) is 17.3 Å². The van der Waals surface area contributed by atoms with Crippen LogP contribution in [-0.2, 0) is 0 Å². The summed E-state index contributed by atoms with van der Waals surface area (Å²) in [6, 6.07) is 30.4. The zero-order valence-electron chi connectivity index (χ0n) is 14.5. The molecule has 1 heterocycles. The molecule has 4 aromatic rings. The Morgan fingerprint density at radius 3 is 1.85 bits per heavy atom. The Hall–Kier alpha value is -3.46. The van der Waals surface area contributed by atoms with Crippen molar-refractivity contribution in [2.75, 3.05) is 7.11 Å². The van der Waals surface area contributed by atoms with Gasteiger partial charge in [-0.3, -0.25) is 0 Å². The summed E-state index contributed by atoms with van der Waals surface area (Å²) in [6.45, 7) is 0. The van der Waals surface area contributed by atoms with Crippen molar-refractivity contribution in [3.63, 3.8) is 0 Å². The van der Waals surface area contributed by atoms with Gasteiger partial charge in [-0.05, 0) is 35.9 Å². The molecular formula is C23H18N2O. The van der Waals surface area contributed by atoms with E-state index in [-0.39, 0.29) is 0 Å². The first-order valence-corrected chi connectivity index (χ1v) is 8.48. The first kappa shape index (κ1) is 16.0. The average Bonchev–Trinajstić information content (AvgIpc) is 2.75. The summed E-state index contributed by atoms with van der Waals surface area (Å²) in [5.41, 5.74) is 5.98. The van der Waals surface area contributed by atoms with E-state index in [0.717, 1.165) is 39.4 Å². The fourth-order valence-corrected chi connectivity index (χ4v) is 2.94. The van der Waals surface area contributed by atoms with Gasteiger partial charge >= 0.3 is 0 Å². The number of ether oxygens (including phenoxy) is 1. The van der Waals surface area contributed by atoms with Crippen LogP contribution < -0.4 is 4.74 Å². The molecule has 3 heteroatoms. The van der Waals surface area contributed by atoms with Crippen LogP contribution in [0.3, 0.4) is 0 Å². The molecule has 3 aromatic carbocycles. The van der Waals surface area contributed by atoms with Crippen molar-refractivity contribution >= 4 is 0 Å². The fourth-order valence-electron chi connectivity index (χ4n) is 2.94. The van der Waals surface area contributed by atoms with Crippen LogP contribution in [0.5, 0.6) is 5.75 Å². The number of benzene rings is 3. The third-order valence-electron chi connectivity index (χ3n) is 4.31. The lowest BCUT2D eigenvalue weighted by Crippen LogP contribution is -1.95. The molecule has 26 heavy (non-hydrogen) atoms. The molecule has 0 aliphatic carbocycles. The van der Waals surface area contributed by atoms with Gasteiger partial charge in [-0.2, -0.15) is 0 Å². The number of methoxy groups -OCH3 is 1. The van der Waals surface area contributed by atoms with E-state index in [9.17, 15) is 0 Å². The zero-order valence-corrected chi connectivity index (χ0v) is 14.5. The molecule has 0 unspecified atom stereocenters. The lowest BCUT2D eigenvalue weighted by Gasteiger charge is -2.11. The van der Waals surface area contributed by atoms with Gasteiger partial charge in [0.1, 0.15) is 11.4 Å². The van der Waals surface area contributed by atoms with E-state index in [1.807, 2.05) is 60.7 Å². The molecule has 0 spiro atoms. The van der Waals surface area contributed by atoms with Crippen molar-refractivity contribution in [1.82, 2.24) is 10.2 Å². The van der Waals surface area contributed by atoms with Crippen LogP contribution in [0.15, 0.2) is 91.0 Å². The summed E-state index contributed by atoms with van der Waals surface area (Å²) >= 11 is 0. The molecule has 0 saturated heterocycles. The van der Waals surface area contributed by atoms with E-state index in [1.165, 1.54) is 0 Å². The highest BCUT2D eigenvalue weighted by Crippen LogP contribution is 2.32. The van der Waals surface area contributed by atoms with E-state index in [4.69, 9.17) is 4.74 Å². The third-order valence-corrected chi connectivity index (χ3v) is 4.31. The fraction of sp³-hybridized carbons (Fsp3) is 0.0435. The van der Waals surface area contributed by atoms with Gasteiger partial charge in [-0.25, -0.2) is 0 Å². The Kier molecular flexibility index (Phi) is 4.44. The van der Waals surface area contributed by atoms with Crippen molar-refractivity contribution in [3.8, 4) is 39.4 Å². The number of nitrogens with zero attached hydrogens (tertiary/aromatic N) is 2. The number of aromatic nitrogens is 2. The summed E-state index contributed by atoms with van der Waals surface area (Å²) in [5.74, 6) is 0.825. The normalized spacial score (nSPS) is 10.5. The number of hydrogen-bond acceptors (Lipinski definition) is 3.